The van der Waals surface area contributed by atoms with Crippen LogP contribution in [0, 0.1) is 0 Å². The number of furan rings is 1. The van der Waals surface area contributed by atoms with E-state index in [-0.39, 0.29) is 0 Å². The van der Waals surface area contributed by atoms with Gasteiger partial charge < -0.3 is 4.42 Å². The van der Waals surface area contributed by atoms with E-state index in [1.54, 1.807) is 0 Å². The summed E-state index contributed by atoms with van der Waals surface area (Å²) < 4.78 is 6.79. The van der Waals surface area contributed by atoms with Gasteiger partial charge in [-0.1, -0.05) is 158 Å². The molecule has 0 spiro atoms. The third-order valence-electron chi connectivity index (χ3n) is 9.94. The number of hydrogen-bond donors (Lipinski definition) is 0. The second-order valence-electron chi connectivity index (χ2n) is 13.2. The van der Waals surface area contributed by atoms with Crippen molar-refractivity contribution in [2.24, 2.45) is 0 Å². The van der Waals surface area contributed by atoms with E-state index >= 15 is 0 Å². The quantitative estimate of drug-likeness (QED) is 0.176. The molecule has 0 radical (unpaired) electrons. The fourth-order valence-corrected chi connectivity index (χ4v) is 7.36. The zero-order valence-electron chi connectivity index (χ0n) is 28.6. The number of para-hydroxylation sites is 1. The molecule has 0 atom stereocenters. The van der Waals surface area contributed by atoms with Gasteiger partial charge in [0.1, 0.15) is 11.2 Å². The van der Waals surface area contributed by atoms with Crippen LogP contribution in [0.4, 0.5) is 0 Å². The topological polar surface area (TPSA) is 51.8 Å². The normalized spacial score (nSPS) is 11.4. The number of benzene rings is 8. The number of rotatable bonds is 6. The minimum atomic E-state index is 0.592. The molecule has 2 aromatic heterocycles. The van der Waals surface area contributed by atoms with E-state index in [0.29, 0.717) is 17.5 Å². The fraction of sp³-hybridized carbons (Fsp3) is 0. The summed E-state index contributed by atoms with van der Waals surface area (Å²) in [7, 11) is 0. The van der Waals surface area contributed by atoms with E-state index in [1.807, 2.05) is 42.5 Å². The van der Waals surface area contributed by atoms with Crippen molar-refractivity contribution < 1.29 is 4.42 Å². The van der Waals surface area contributed by atoms with Crippen LogP contribution in [0.5, 0.6) is 0 Å². The van der Waals surface area contributed by atoms with Crippen molar-refractivity contribution in [2.75, 3.05) is 0 Å². The van der Waals surface area contributed by atoms with Crippen molar-refractivity contribution in [3.8, 4) is 67.5 Å². The lowest BCUT2D eigenvalue weighted by atomic mass is 9.91. The number of aromatic nitrogens is 3. The molecule has 53 heavy (non-hydrogen) atoms. The Bertz CT molecular complexity index is 2950. The largest absolute Gasteiger partial charge is 0.455 e. The number of fused-ring (bicyclic) bond motifs is 4. The van der Waals surface area contributed by atoms with E-state index in [0.717, 1.165) is 66.3 Å². The highest BCUT2D eigenvalue weighted by atomic mass is 16.3. The molecular weight excluding hydrogens is 647 g/mol. The van der Waals surface area contributed by atoms with Gasteiger partial charge >= 0.3 is 0 Å². The summed E-state index contributed by atoms with van der Waals surface area (Å²) >= 11 is 0. The number of nitrogens with zero attached hydrogens (tertiary/aromatic N) is 3. The van der Waals surface area contributed by atoms with Crippen LogP contribution >= 0.6 is 0 Å². The summed E-state index contributed by atoms with van der Waals surface area (Å²) in [5.41, 5.74) is 11.1. The summed E-state index contributed by atoms with van der Waals surface area (Å²) in [5, 5.41) is 4.29. The van der Waals surface area contributed by atoms with Gasteiger partial charge in [-0.3, -0.25) is 0 Å². The molecule has 0 N–H and O–H groups in total. The first kappa shape index (κ1) is 30.6. The van der Waals surface area contributed by atoms with Gasteiger partial charge in [-0.05, 0) is 68.9 Å². The van der Waals surface area contributed by atoms with Crippen LogP contribution in [0.25, 0.3) is 100 Å². The Morgan fingerprint density at radius 2 is 0.925 bits per heavy atom. The lowest BCUT2D eigenvalue weighted by Crippen LogP contribution is -2.00. The molecule has 0 aliphatic carbocycles. The predicted molar refractivity (Wildman–Crippen MR) is 217 cm³/mol. The highest BCUT2D eigenvalue weighted by Crippen LogP contribution is 2.44. The Balaban J connectivity index is 1.19. The standard InChI is InChI=1S/C49H31N3O/c1-3-14-32(15-4-1)36-20-13-21-37(30-36)39-22-9-10-23-40(39)41-28-29-43(45-42-24-11-12-25-44(42)53-46(41)45)49-51-47(34-17-5-2-6-18-34)50-48(52-49)38-27-26-33-16-7-8-19-35(33)31-38/h1-31H. The highest BCUT2D eigenvalue weighted by Gasteiger charge is 2.22. The van der Waals surface area contributed by atoms with Gasteiger partial charge in [0.15, 0.2) is 17.5 Å². The molecule has 4 heteroatoms. The molecule has 248 valence electrons. The average Bonchev–Trinajstić information content (AvgIpc) is 3.64. The van der Waals surface area contributed by atoms with Gasteiger partial charge in [-0.25, -0.2) is 15.0 Å². The maximum atomic E-state index is 6.79. The molecule has 0 aliphatic rings. The van der Waals surface area contributed by atoms with Crippen molar-refractivity contribution in [3.05, 3.63) is 188 Å². The lowest BCUT2D eigenvalue weighted by Gasteiger charge is -2.14. The molecule has 2 heterocycles. The summed E-state index contributed by atoms with van der Waals surface area (Å²) in [6, 6.07) is 65.2. The van der Waals surface area contributed by atoms with Gasteiger partial charge in [0, 0.05) is 33.0 Å². The third kappa shape index (κ3) is 5.54. The van der Waals surface area contributed by atoms with Crippen molar-refractivity contribution in [3.63, 3.8) is 0 Å². The molecule has 10 aromatic rings. The summed E-state index contributed by atoms with van der Waals surface area (Å²) in [5.74, 6) is 1.83. The van der Waals surface area contributed by atoms with Gasteiger partial charge in [0.05, 0.1) is 0 Å². The van der Waals surface area contributed by atoms with E-state index in [1.165, 1.54) is 16.5 Å². The average molecular weight is 678 g/mol. The van der Waals surface area contributed by atoms with Crippen molar-refractivity contribution in [2.45, 2.75) is 0 Å². The van der Waals surface area contributed by atoms with Crippen LogP contribution in [-0.2, 0) is 0 Å². The van der Waals surface area contributed by atoms with E-state index in [4.69, 9.17) is 19.4 Å². The van der Waals surface area contributed by atoms with Gasteiger partial charge in [-0.2, -0.15) is 0 Å². The first-order chi connectivity index (χ1) is 26.3. The Morgan fingerprint density at radius 3 is 1.75 bits per heavy atom. The summed E-state index contributed by atoms with van der Waals surface area (Å²) in [6.45, 7) is 0. The van der Waals surface area contributed by atoms with Crippen molar-refractivity contribution >= 4 is 32.7 Å². The molecule has 0 saturated heterocycles. The molecule has 0 bridgehead atoms. The molecule has 0 unspecified atom stereocenters. The lowest BCUT2D eigenvalue weighted by molar-refractivity contribution is 0.670. The summed E-state index contributed by atoms with van der Waals surface area (Å²) in [6.07, 6.45) is 0. The third-order valence-corrected chi connectivity index (χ3v) is 9.94. The first-order valence-corrected chi connectivity index (χ1v) is 17.8. The molecule has 0 aliphatic heterocycles. The second-order valence-corrected chi connectivity index (χ2v) is 13.2. The minimum absolute atomic E-state index is 0.592. The Labute approximate surface area is 306 Å². The fourth-order valence-electron chi connectivity index (χ4n) is 7.36. The smallest absolute Gasteiger partial charge is 0.164 e. The maximum absolute atomic E-state index is 6.79. The Morgan fingerprint density at radius 1 is 0.321 bits per heavy atom. The summed E-state index contributed by atoms with van der Waals surface area (Å²) in [4.78, 5) is 15.4. The SMILES string of the molecule is c1ccc(-c2cccc(-c3ccccc3-c3ccc(-c4nc(-c5ccccc5)nc(-c5ccc6ccccc6c5)n4)c4c3oc3ccccc34)c2)cc1. The van der Waals surface area contributed by atoms with Gasteiger partial charge in [0.2, 0.25) is 0 Å². The molecule has 0 saturated carbocycles. The predicted octanol–water partition coefficient (Wildman–Crippen LogP) is 12.9. The molecule has 4 nitrogen and oxygen atoms in total. The molecule has 10 rings (SSSR count). The highest BCUT2D eigenvalue weighted by molar-refractivity contribution is 6.16. The van der Waals surface area contributed by atoms with E-state index in [9.17, 15) is 0 Å². The molecule has 0 fully saturated rings. The Hall–Kier alpha value is -7.17. The molecular formula is C49H31N3O. The van der Waals surface area contributed by atoms with Crippen LogP contribution < -0.4 is 0 Å². The Kier molecular flexibility index (Phi) is 7.43. The monoisotopic (exact) mass is 677 g/mol. The van der Waals surface area contributed by atoms with Gasteiger partial charge in [-0.15, -0.1) is 0 Å². The minimum Gasteiger partial charge on any atom is -0.455 e. The van der Waals surface area contributed by atoms with E-state index in [2.05, 4.69) is 146 Å². The molecule has 0 amide bonds. The van der Waals surface area contributed by atoms with Crippen molar-refractivity contribution in [1.82, 2.24) is 15.0 Å². The van der Waals surface area contributed by atoms with Crippen LogP contribution in [0.15, 0.2) is 192 Å². The number of hydrogen-bond acceptors (Lipinski definition) is 4. The maximum Gasteiger partial charge on any atom is 0.164 e. The molecule has 8 aromatic carbocycles. The second kappa shape index (κ2) is 12.9. The van der Waals surface area contributed by atoms with Crippen molar-refractivity contribution in [1.29, 1.82) is 0 Å². The first-order valence-electron chi connectivity index (χ1n) is 17.8. The van der Waals surface area contributed by atoms with Gasteiger partial charge in [0.25, 0.3) is 0 Å². The van der Waals surface area contributed by atoms with Crippen LogP contribution in [0.3, 0.4) is 0 Å². The van der Waals surface area contributed by atoms with Crippen LogP contribution in [0.2, 0.25) is 0 Å². The van der Waals surface area contributed by atoms with Crippen LogP contribution in [-0.4, -0.2) is 15.0 Å². The van der Waals surface area contributed by atoms with E-state index < -0.39 is 0 Å². The zero-order valence-corrected chi connectivity index (χ0v) is 28.6. The van der Waals surface area contributed by atoms with Crippen LogP contribution in [0.1, 0.15) is 0 Å². The zero-order chi connectivity index (χ0) is 35.1.